The van der Waals surface area contributed by atoms with Crippen molar-refractivity contribution in [3.63, 3.8) is 0 Å². The number of ether oxygens (including phenoxy) is 2. The third kappa shape index (κ3) is 3.18. The normalized spacial score (nSPS) is 15.8. The van der Waals surface area contributed by atoms with Gasteiger partial charge >= 0.3 is 5.63 Å². The summed E-state index contributed by atoms with van der Waals surface area (Å²) >= 11 is 6.54. The van der Waals surface area contributed by atoms with Crippen LogP contribution in [0, 0.1) is 0 Å². The monoisotopic (exact) mass is 411 g/mol. The molecule has 150 valence electrons. The van der Waals surface area contributed by atoms with Crippen molar-refractivity contribution in [1.29, 1.82) is 0 Å². The van der Waals surface area contributed by atoms with Gasteiger partial charge in [0.2, 0.25) is 0 Å². The summed E-state index contributed by atoms with van der Waals surface area (Å²) in [5, 5.41) is 1.54. The Morgan fingerprint density at radius 2 is 2.00 bits per heavy atom. The van der Waals surface area contributed by atoms with Crippen molar-refractivity contribution in [3.8, 4) is 11.5 Å². The summed E-state index contributed by atoms with van der Waals surface area (Å²) in [5.74, 6) is 1.52. The molecule has 1 aliphatic heterocycles. The van der Waals surface area contributed by atoms with Crippen molar-refractivity contribution in [2.24, 2.45) is 0 Å². The van der Waals surface area contributed by atoms with Crippen molar-refractivity contribution in [1.82, 2.24) is 4.90 Å². The zero-order valence-corrected chi connectivity index (χ0v) is 17.1. The molecule has 5 nitrogen and oxygen atoms in total. The molecule has 29 heavy (non-hydrogen) atoms. The van der Waals surface area contributed by atoms with E-state index in [2.05, 4.69) is 11.0 Å². The number of nitrogens with zero attached hydrogens (tertiary/aromatic N) is 1. The molecule has 0 saturated heterocycles. The molecule has 2 heterocycles. The zero-order chi connectivity index (χ0) is 20.0. The summed E-state index contributed by atoms with van der Waals surface area (Å²) in [7, 11) is 1.69. The molecule has 3 aromatic rings. The highest BCUT2D eigenvalue weighted by Crippen LogP contribution is 2.41. The maximum atomic E-state index is 12.5. The maximum absolute atomic E-state index is 12.5. The molecular weight excluding hydrogens is 390 g/mol. The molecule has 1 aliphatic carbocycles. The second-order valence-electron chi connectivity index (χ2n) is 7.63. The van der Waals surface area contributed by atoms with Crippen LogP contribution in [0.5, 0.6) is 11.5 Å². The Balaban J connectivity index is 1.48. The fraction of sp³-hybridized carbons (Fsp3) is 0.348. The highest BCUT2D eigenvalue weighted by molar-refractivity contribution is 6.33. The highest BCUT2D eigenvalue weighted by atomic mass is 35.5. The van der Waals surface area contributed by atoms with Gasteiger partial charge in [0, 0.05) is 24.0 Å². The second-order valence-corrected chi connectivity index (χ2v) is 8.04. The summed E-state index contributed by atoms with van der Waals surface area (Å²) in [4.78, 5) is 14.7. The molecule has 0 radical (unpaired) electrons. The third-order valence-corrected chi connectivity index (χ3v) is 6.21. The molecule has 0 atom stereocenters. The molecule has 0 spiro atoms. The van der Waals surface area contributed by atoms with Crippen LogP contribution in [0.15, 0.2) is 39.5 Å². The first kappa shape index (κ1) is 18.5. The van der Waals surface area contributed by atoms with E-state index in [1.54, 1.807) is 7.11 Å². The number of halogens is 1. The second kappa shape index (κ2) is 7.39. The van der Waals surface area contributed by atoms with E-state index in [9.17, 15) is 4.79 Å². The fourth-order valence-corrected chi connectivity index (χ4v) is 4.76. The van der Waals surface area contributed by atoms with E-state index in [1.807, 2.05) is 24.3 Å². The molecular formula is C23H22ClNO4. The average Bonchev–Trinajstić information content (AvgIpc) is 3.24. The number of methoxy groups -OCH3 is 1. The number of hydrogen-bond acceptors (Lipinski definition) is 5. The van der Waals surface area contributed by atoms with Gasteiger partial charge in [0.05, 0.1) is 17.7 Å². The van der Waals surface area contributed by atoms with Gasteiger partial charge in [0.15, 0.2) is 0 Å². The van der Waals surface area contributed by atoms with E-state index < -0.39 is 0 Å². The van der Waals surface area contributed by atoms with Gasteiger partial charge in [-0.25, -0.2) is 4.79 Å². The molecule has 0 amide bonds. The van der Waals surface area contributed by atoms with Crippen LogP contribution >= 0.6 is 11.6 Å². The van der Waals surface area contributed by atoms with Crippen LogP contribution in [0.3, 0.4) is 0 Å². The molecule has 0 saturated carbocycles. The average molecular weight is 412 g/mol. The van der Waals surface area contributed by atoms with E-state index in [0.29, 0.717) is 29.6 Å². The van der Waals surface area contributed by atoms with Crippen molar-refractivity contribution < 1.29 is 13.9 Å². The van der Waals surface area contributed by atoms with Crippen molar-refractivity contribution in [2.45, 2.75) is 32.2 Å². The standard InChI is InChI=1S/C23H22ClNO4/c1-27-20-8-3-2-5-14(20)9-10-25-12-18-21-17(11-19(24)22(18)28-13-25)15-6-4-7-16(15)23(26)29-21/h2-3,5,8,11H,4,6-7,9-10,12-13H2,1H3. The largest absolute Gasteiger partial charge is 0.496 e. The first-order valence-electron chi connectivity index (χ1n) is 9.92. The molecule has 1 aromatic heterocycles. The lowest BCUT2D eigenvalue weighted by atomic mass is 10.0. The zero-order valence-electron chi connectivity index (χ0n) is 16.3. The van der Waals surface area contributed by atoms with E-state index in [0.717, 1.165) is 65.6 Å². The summed E-state index contributed by atoms with van der Waals surface area (Å²) in [6, 6.07) is 9.93. The van der Waals surface area contributed by atoms with Crippen LogP contribution in [0.4, 0.5) is 0 Å². The molecule has 2 aromatic carbocycles. The van der Waals surface area contributed by atoms with Crippen LogP contribution in [-0.2, 0) is 25.8 Å². The smallest absolute Gasteiger partial charge is 0.339 e. The Bertz CT molecular complexity index is 1150. The fourth-order valence-electron chi connectivity index (χ4n) is 4.49. The predicted molar refractivity (Wildman–Crippen MR) is 112 cm³/mol. The Hall–Kier alpha value is -2.50. The van der Waals surface area contributed by atoms with Crippen LogP contribution in [-0.4, -0.2) is 25.3 Å². The van der Waals surface area contributed by atoms with Crippen molar-refractivity contribution >= 4 is 22.6 Å². The van der Waals surface area contributed by atoms with Crippen molar-refractivity contribution in [2.75, 3.05) is 20.4 Å². The third-order valence-electron chi connectivity index (χ3n) is 5.93. The Labute approximate surface area is 173 Å². The van der Waals surface area contributed by atoms with Crippen LogP contribution in [0.25, 0.3) is 11.0 Å². The molecule has 0 bridgehead atoms. The quantitative estimate of drug-likeness (QED) is 0.598. The van der Waals surface area contributed by atoms with Gasteiger partial charge in [-0.05, 0) is 48.9 Å². The number of para-hydroxylation sites is 1. The summed E-state index contributed by atoms with van der Waals surface area (Å²) < 4.78 is 17.2. The van der Waals surface area contributed by atoms with Crippen molar-refractivity contribution in [3.05, 3.63) is 68.0 Å². The maximum Gasteiger partial charge on any atom is 0.339 e. The topological polar surface area (TPSA) is 51.9 Å². The van der Waals surface area contributed by atoms with Crippen LogP contribution < -0.4 is 15.1 Å². The Morgan fingerprint density at radius 1 is 1.17 bits per heavy atom. The molecule has 0 fully saturated rings. The summed E-state index contributed by atoms with van der Waals surface area (Å²) in [6.07, 6.45) is 3.49. The molecule has 0 unspecified atom stereocenters. The number of rotatable bonds is 4. The van der Waals surface area contributed by atoms with Gasteiger partial charge < -0.3 is 13.9 Å². The van der Waals surface area contributed by atoms with E-state index >= 15 is 0 Å². The SMILES string of the molecule is COc1ccccc1CCN1COc2c(Cl)cc3c4c(c(=O)oc3c2C1)CCC4. The first-order chi connectivity index (χ1) is 14.2. The van der Waals surface area contributed by atoms with Gasteiger partial charge in [-0.3, -0.25) is 4.90 Å². The van der Waals surface area contributed by atoms with E-state index in [-0.39, 0.29) is 5.63 Å². The number of hydrogen-bond donors (Lipinski definition) is 0. The minimum absolute atomic E-state index is 0.222. The lowest BCUT2D eigenvalue weighted by Gasteiger charge is -2.30. The first-order valence-corrected chi connectivity index (χ1v) is 10.3. The van der Waals surface area contributed by atoms with Gasteiger partial charge in [-0.1, -0.05) is 29.8 Å². The van der Waals surface area contributed by atoms with E-state index in [4.69, 9.17) is 25.5 Å². The van der Waals surface area contributed by atoms with Gasteiger partial charge in [0.1, 0.15) is 23.8 Å². The van der Waals surface area contributed by atoms with Gasteiger partial charge in [0.25, 0.3) is 0 Å². The van der Waals surface area contributed by atoms with Crippen LogP contribution in [0.1, 0.15) is 28.7 Å². The molecule has 5 rings (SSSR count). The Kier molecular flexibility index (Phi) is 4.72. The van der Waals surface area contributed by atoms with E-state index in [1.165, 1.54) is 0 Å². The van der Waals surface area contributed by atoms with Gasteiger partial charge in [-0.15, -0.1) is 0 Å². The lowest BCUT2D eigenvalue weighted by molar-refractivity contribution is 0.0967. The minimum Gasteiger partial charge on any atom is -0.496 e. The lowest BCUT2D eigenvalue weighted by Crippen LogP contribution is -2.34. The van der Waals surface area contributed by atoms with Crippen LogP contribution in [0.2, 0.25) is 5.02 Å². The Morgan fingerprint density at radius 3 is 2.86 bits per heavy atom. The van der Waals surface area contributed by atoms with Gasteiger partial charge in [-0.2, -0.15) is 0 Å². The summed E-state index contributed by atoms with van der Waals surface area (Å²) in [5.41, 5.74) is 4.31. The number of aryl methyl sites for hydroxylation is 1. The predicted octanol–water partition coefficient (Wildman–Crippen LogP) is 4.34. The molecule has 6 heteroatoms. The minimum atomic E-state index is -0.222. The summed E-state index contributed by atoms with van der Waals surface area (Å²) in [6.45, 7) is 1.87. The molecule has 0 N–H and O–H groups in total. The number of fused-ring (bicyclic) bond motifs is 5. The molecule has 2 aliphatic rings. The number of benzene rings is 2. The highest BCUT2D eigenvalue weighted by Gasteiger charge is 2.28.